The van der Waals surface area contributed by atoms with Gasteiger partial charge in [-0.3, -0.25) is 4.79 Å². The summed E-state index contributed by atoms with van der Waals surface area (Å²) in [6, 6.07) is 12.1. The van der Waals surface area contributed by atoms with E-state index in [0.717, 1.165) is 11.3 Å². The second kappa shape index (κ2) is 11.1. The van der Waals surface area contributed by atoms with Crippen molar-refractivity contribution in [1.29, 1.82) is 0 Å². The molecule has 0 aliphatic heterocycles. The first kappa shape index (κ1) is 23.1. The van der Waals surface area contributed by atoms with Crippen LogP contribution in [0.3, 0.4) is 0 Å². The Bertz CT molecular complexity index is 1010. The number of nitrogens with zero attached hydrogens (tertiary/aromatic N) is 2. The molecule has 1 heterocycles. The van der Waals surface area contributed by atoms with E-state index in [2.05, 4.69) is 9.72 Å². The molecule has 0 aliphatic rings. The normalized spacial score (nSPS) is 10.8. The number of rotatable bonds is 11. The van der Waals surface area contributed by atoms with Crippen LogP contribution in [0.25, 0.3) is 0 Å². The molecule has 0 fully saturated rings. The Morgan fingerprint density at radius 3 is 2.59 bits per heavy atom. The van der Waals surface area contributed by atoms with Crippen molar-refractivity contribution < 1.29 is 32.2 Å². The van der Waals surface area contributed by atoms with Crippen LogP contribution in [0.5, 0.6) is 11.5 Å². The van der Waals surface area contributed by atoms with E-state index < -0.39 is 6.61 Å². The van der Waals surface area contributed by atoms with Gasteiger partial charge in [0.2, 0.25) is 0 Å². The molecule has 0 bridgehead atoms. The number of benzene rings is 2. The molecule has 0 aliphatic carbocycles. The van der Waals surface area contributed by atoms with Gasteiger partial charge in [-0.1, -0.05) is 12.1 Å². The van der Waals surface area contributed by atoms with Gasteiger partial charge in [-0.15, -0.1) is 0 Å². The fourth-order valence-corrected chi connectivity index (χ4v) is 3.15. The SMILES string of the molecule is CCOC(=O)Cc1cccc(N(Cc2cnco2)c2ccc(OC(F)F)c(OCC)c2)c1. The van der Waals surface area contributed by atoms with Crippen LogP contribution in [0.2, 0.25) is 0 Å². The van der Waals surface area contributed by atoms with Crippen molar-refractivity contribution in [3.05, 3.63) is 66.4 Å². The summed E-state index contributed by atoms with van der Waals surface area (Å²) in [6.45, 7) is 1.44. The minimum atomic E-state index is -2.97. The lowest BCUT2D eigenvalue weighted by atomic mass is 10.1. The molecule has 7 nitrogen and oxygen atoms in total. The molecule has 0 unspecified atom stereocenters. The van der Waals surface area contributed by atoms with Crippen molar-refractivity contribution in [2.24, 2.45) is 0 Å². The van der Waals surface area contributed by atoms with Gasteiger partial charge in [0.05, 0.1) is 32.4 Å². The van der Waals surface area contributed by atoms with Crippen LogP contribution < -0.4 is 14.4 Å². The van der Waals surface area contributed by atoms with Gasteiger partial charge in [0.15, 0.2) is 17.9 Å². The van der Waals surface area contributed by atoms with E-state index in [9.17, 15) is 13.6 Å². The van der Waals surface area contributed by atoms with Crippen LogP contribution in [-0.4, -0.2) is 30.8 Å². The molecule has 170 valence electrons. The average Bonchev–Trinajstić information content (AvgIpc) is 3.27. The highest BCUT2D eigenvalue weighted by Gasteiger charge is 2.18. The van der Waals surface area contributed by atoms with Gasteiger partial charge in [0, 0.05) is 17.4 Å². The number of anilines is 2. The van der Waals surface area contributed by atoms with Crippen molar-refractivity contribution in [3.8, 4) is 11.5 Å². The van der Waals surface area contributed by atoms with E-state index in [0.29, 0.717) is 24.6 Å². The van der Waals surface area contributed by atoms with Crippen molar-refractivity contribution in [2.45, 2.75) is 33.4 Å². The fraction of sp³-hybridized carbons (Fsp3) is 0.304. The number of ether oxygens (including phenoxy) is 3. The molecule has 0 amide bonds. The monoisotopic (exact) mass is 446 g/mol. The number of hydrogen-bond donors (Lipinski definition) is 0. The molecule has 0 atom stereocenters. The predicted octanol–water partition coefficient (Wildman–Crippen LogP) is 5.12. The van der Waals surface area contributed by atoms with E-state index in [1.807, 2.05) is 29.2 Å². The molecule has 9 heteroatoms. The molecule has 2 aromatic carbocycles. The minimum absolute atomic E-state index is 0.0544. The second-order valence-corrected chi connectivity index (χ2v) is 6.65. The van der Waals surface area contributed by atoms with E-state index in [1.165, 1.54) is 12.5 Å². The number of carbonyl (C=O) groups excluding carboxylic acids is 1. The van der Waals surface area contributed by atoms with E-state index in [1.54, 1.807) is 32.2 Å². The number of halogens is 2. The number of hydrogen-bond acceptors (Lipinski definition) is 7. The topological polar surface area (TPSA) is 74.0 Å². The standard InChI is InChI=1S/C23H24F2N2O5/c1-3-29-21-12-18(8-9-20(21)32-23(24)25)27(14-19-13-26-15-31-19)17-7-5-6-16(10-17)11-22(28)30-4-2/h5-10,12-13,15,23H,3-4,11,14H2,1-2H3. The number of aromatic nitrogens is 1. The zero-order chi connectivity index (χ0) is 22.9. The minimum Gasteiger partial charge on any atom is -0.490 e. The molecule has 0 N–H and O–H groups in total. The maximum Gasteiger partial charge on any atom is 0.387 e. The number of esters is 1. The Kier molecular flexibility index (Phi) is 8.02. The molecular formula is C23H24F2N2O5. The quantitative estimate of drug-likeness (QED) is 0.379. The first-order valence-electron chi connectivity index (χ1n) is 10.1. The summed E-state index contributed by atoms with van der Waals surface area (Å²) in [4.78, 5) is 17.8. The van der Waals surface area contributed by atoms with Crippen molar-refractivity contribution in [2.75, 3.05) is 18.1 Å². The number of carbonyl (C=O) groups is 1. The van der Waals surface area contributed by atoms with Gasteiger partial charge in [-0.25, -0.2) is 4.98 Å². The second-order valence-electron chi connectivity index (χ2n) is 6.65. The largest absolute Gasteiger partial charge is 0.490 e. The number of alkyl halides is 2. The first-order chi connectivity index (χ1) is 15.5. The van der Waals surface area contributed by atoms with Crippen molar-refractivity contribution in [1.82, 2.24) is 4.98 Å². The molecule has 3 rings (SSSR count). The van der Waals surface area contributed by atoms with E-state index >= 15 is 0 Å². The van der Waals surface area contributed by atoms with Crippen LogP contribution in [0.4, 0.5) is 20.2 Å². The van der Waals surface area contributed by atoms with Crippen molar-refractivity contribution in [3.63, 3.8) is 0 Å². The molecule has 3 aromatic rings. The summed E-state index contributed by atoms with van der Waals surface area (Å²) >= 11 is 0. The molecule has 32 heavy (non-hydrogen) atoms. The predicted molar refractivity (Wildman–Crippen MR) is 113 cm³/mol. The summed E-state index contributed by atoms with van der Waals surface area (Å²) in [5.74, 6) is 0.405. The molecule has 0 saturated heterocycles. The zero-order valence-corrected chi connectivity index (χ0v) is 17.8. The Balaban J connectivity index is 1.98. The maximum atomic E-state index is 12.8. The van der Waals surface area contributed by atoms with Gasteiger partial charge in [-0.2, -0.15) is 8.78 Å². The maximum absolute atomic E-state index is 12.8. The van der Waals surface area contributed by atoms with Gasteiger partial charge >= 0.3 is 12.6 Å². The summed E-state index contributed by atoms with van der Waals surface area (Å²) < 4.78 is 46.1. The molecule has 0 saturated carbocycles. The summed E-state index contributed by atoms with van der Waals surface area (Å²) in [5.41, 5.74) is 2.18. The first-order valence-corrected chi connectivity index (χ1v) is 10.1. The van der Waals surface area contributed by atoms with Crippen LogP contribution in [0.1, 0.15) is 25.2 Å². The smallest absolute Gasteiger partial charge is 0.387 e. The third-order valence-corrected chi connectivity index (χ3v) is 4.43. The Hall–Kier alpha value is -3.62. The molecule has 0 spiro atoms. The lowest BCUT2D eigenvalue weighted by molar-refractivity contribution is -0.142. The zero-order valence-electron chi connectivity index (χ0n) is 17.8. The Morgan fingerprint density at radius 1 is 1.09 bits per heavy atom. The van der Waals surface area contributed by atoms with Crippen LogP contribution in [0.15, 0.2) is 59.5 Å². The highest BCUT2D eigenvalue weighted by molar-refractivity contribution is 5.74. The van der Waals surface area contributed by atoms with Crippen LogP contribution in [0, 0.1) is 0 Å². The lowest BCUT2D eigenvalue weighted by Crippen LogP contribution is -2.17. The summed E-state index contributed by atoms with van der Waals surface area (Å²) in [7, 11) is 0. The highest BCUT2D eigenvalue weighted by Crippen LogP contribution is 2.37. The summed E-state index contributed by atoms with van der Waals surface area (Å²) in [5, 5.41) is 0. The van der Waals surface area contributed by atoms with Gasteiger partial charge in [0.25, 0.3) is 0 Å². The lowest BCUT2D eigenvalue weighted by Gasteiger charge is -2.25. The molecular weight excluding hydrogens is 422 g/mol. The fourth-order valence-electron chi connectivity index (χ4n) is 3.15. The van der Waals surface area contributed by atoms with Gasteiger partial charge < -0.3 is 23.5 Å². The van der Waals surface area contributed by atoms with Crippen molar-refractivity contribution >= 4 is 17.3 Å². The third kappa shape index (κ3) is 6.19. The highest BCUT2D eigenvalue weighted by atomic mass is 19.3. The molecule has 0 radical (unpaired) electrons. The summed E-state index contributed by atoms with van der Waals surface area (Å²) in [6.07, 6.45) is 3.05. The Labute approximate surface area is 184 Å². The van der Waals surface area contributed by atoms with Crippen LogP contribution >= 0.6 is 0 Å². The van der Waals surface area contributed by atoms with Crippen LogP contribution in [-0.2, 0) is 22.5 Å². The van der Waals surface area contributed by atoms with E-state index in [-0.39, 0.29) is 30.5 Å². The molecule has 1 aromatic heterocycles. The number of oxazole rings is 1. The third-order valence-electron chi connectivity index (χ3n) is 4.43. The van der Waals surface area contributed by atoms with E-state index in [4.69, 9.17) is 13.9 Å². The van der Waals surface area contributed by atoms with Gasteiger partial charge in [-0.05, 0) is 43.7 Å². The Morgan fingerprint density at radius 2 is 1.91 bits per heavy atom. The van der Waals surface area contributed by atoms with Gasteiger partial charge in [0.1, 0.15) is 5.76 Å². The average molecular weight is 446 g/mol.